The number of alkyl halides is 3. The van der Waals surface area contributed by atoms with E-state index in [1.54, 1.807) is 19.9 Å². The molecule has 1 saturated heterocycles. The molecule has 1 atom stereocenters. The monoisotopic (exact) mass is 490 g/mol. The minimum atomic E-state index is -4.45. The summed E-state index contributed by atoms with van der Waals surface area (Å²) in [5.74, 6) is 1.40. The topological polar surface area (TPSA) is 72.5 Å². The first kappa shape index (κ1) is 25.0. The van der Waals surface area contributed by atoms with Crippen LogP contribution in [0.2, 0.25) is 0 Å². The molecule has 1 aromatic carbocycles. The molecule has 1 aliphatic rings. The largest absolute Gasteiger partial charge is 0.465 e. The second kappa shape index (κ2) is 10.2. The number of hydrogen-bond donors (Lipinski definition) is 1. The molecule has 3 heterocycles. The second-order valence-electron chi connectivity index (χ2n) is 8.70. The van der Waals surface area contributed by atoms with Gasteiger partial charge in [-0.1, -0.05) is 6.07 Å². The Hall–Kier alpha value is -3.11. The van der Waals surface area contributed by atoms with E-state index in [2.05, 4.69) is 15.3 Å². The number of carbonyl (C=O) groups is 1. The maximum absolute atomic E-state index is 13.1. The van der Waals surface area contributed by atoms with Gasteiger partial charge >= 0.3 is 6.18 Å². The van der Waals surface area contributed by atoms with Gasteiger partial charge in [-0.2, -0.15) is 18.3 Å². The van der Waals surface area contributed by atoms with E-state index in [0.29, 0.717) is 42.4 Å². The zero-order valence-electron chi connectivity index (χ0n) is 20.0. The van der Waals surface area contributed by atoms with Crippen LogP contribution in [-0.4, -0.2) is 53.4 Å². The summed E-state index contributed by atoms with van der Waals surface area (Å²) in [6, 6.07) is 8.71. The van der Waals surface area contributed by atoms with Crippen LogP contribution >= 0.6 is 0 Å². The fourth-order valence-electron chi connectivity index (χ4n) is 4.36. The molecule has 1 aliphatic heterocycles. The zero-order chi connectivity index (χ0) is 25.2. The fraction of sp³-hybridized carbons (Fsp3) is 0.440. The summed E-state index contributed by atoms with van der Waals surface area (Å²) in [6.07, 6.45) is -4.37. The van der Waals surface area contributed by atoms with Crippen molar-refractivity contribution in [3.05, 3.63) is 70.4 Å². The molecule has 10 heteroatoms. The predicted octanol–water partition coefficient (Wildman–Crippen LogP) is 4.14. The molecule has 1 N–H and O–H groups in total. The van der Waals surface area contributed by atoms with Crippen LogP contribution in [0.3, 0.4) is 0 Å². The van der Waals surface area contributed by atoms with Crippen LogP contribution in [0.1, 0.15) is 40.1 Å². The van der Waals surface area contributed by atoms with E-state index in [1.165, 1.54) is 10.7 Å². The molecular formula is C25H29F3N4O3. The lowest BCUT2D eigenvalue weighted by Gasteiger charge is -2.33. The molecule has 0 spiro atoms. The number of morpholine rings is 1. The normalized spacial score (nSPS) is 15.8. The highest BCUT2D eigenvalue weighted by Gasteiger charge is 2.31. The number of benzene rings is 1. The van der Waals surface area contributed by atoms with Crippen molar-refractivity contribution in [1.29, 1.82) is 0 Å². The van der Waals surface area contributed by atoms with Gasteiger partial charge in [0.25, 0.3) is 0 Å². The number of ether oxygens (including phenoxy) is 1. The molecule has 0 aliphatic carbocycles. The van der Waals surface area contributed by atoms with E-state index in [-0.39, 0.29) is 18.4 Å². The van der Waals surface area contributed by atoms with Crippen LogP contribution in [0, 0.1) is 20.8 Å². The van der Waals surface area contributed by atoms with Crippen molar-refractivity contribution in [2.24, 2.45) is 0 Å². The number of rotatable bonds is 7. The van der Waals surface area contributed by atoms with Crippen molar-refractivity contribution >= 4 is 5.91 Å². The van der Waals surface area contributed by atoms with Crippen LogP contribution in [0.15, 0.2) is 40.8 Å². The number of halogens is 3. The first-order valence-corrected chi connectivity index (χ1v) is 11.5. The summed E-state index contributed by atoms with van der Waals surface area (Å²) in [5, 5.41) is 7.41. The maximum Gasteiger partial charge on any atom is 0.416 e. The number of hydrogen-bond acceptors (Lipinski definition) is 5. The minimum absolute atomic E-state index is 0.0731. The molecular weight excluding hydrogens is 461 g/mol. The summed E-state index contributed by atoms with van der Waals surface area (Å²) in [7, 11) is 0. The number of aromatic nitrogens is 2. The summed E-state index contributed by atoms with van der Waals surface area (Å²) in [5.41, 5.74) is 1.47. The summed E-state index contributed by atoms with van der Waals surface area (Å²) in [4.78, 5) is 15.1. The van der Waals surface area contributed by atoms with E-state index in [1.807, 2.05) is 19.1 Å². The molecule has 188 valence electrons. The van der Waals surface area contributed by atoms with Crippen LogP contribution in [0.25, 0.3) is 5.69 Å². The van der Waals surface area contributed by atoms with Gasteiger partial charge in [-0.05, 0) is 51.1 Å². The Morgan fingerprint density at radius 3 is 2.54 bits per heavy atom. The molecule has 1 unspecified atom stereocenters. The van der Waals surface area contributed by atoms with Crippen LogP contribution in [-0.2, 0) is 22.1 Å². The van der Waals surface area contributed by atoms with Gasteiger partial charge in [0, 0.05) is 30.9 Å². The molecule has 3 aromatic rings. The highest BCUT2D eigenvalue weighted by atomic mass is 19.4. The summed E-state index contributed by atoms with van der Waals surface area (Å²) >= 11 is 0. The van der Waals surface area contributed by atoms with Gasteiger partial charge in [-0.3, -0.25) is 9.69 Å². The lowest BCUT2D eigenvalue weighted by atomic mass is 10.1. The highest BCUT2D eigenvalue weighted by Crippen LogP contribution is 2.31. The molecule has 35 heavy (non-hydrogen) atoms. The first-order valence-electron chi connectivity index (χ1n) is 11.5. The number of carbonyl (C=O) groups excluding carboxylic acids is 1. The molecule has 0 saturated carbocycles. The third-order valence-electron chi connectivity index (χ3n) is 6.27. The molecule has 1 fully saturated rings. The standard InChI is InChI=1S/C25H29F3N4O3/c1-16-7-8-23(35-16)22(31-9-11-34-12-10-31)15-29-24(33)14-21-17(2)30-32(18(21)3)20-6-4-5-19(13-20)25(26,27)28/h4-8,13,22H,9-12,14-15H2,1-3H3,(H,29,33). The smallest absolute Gasteiger partial charge is 0.416 e. The molecule has 0 bridgehead atoms. The first-order chi connectivity index (χ1) is 16.6. The molecule has 0 radical (unpaired) electrons. The van der Waals surface area contributed by atoms with Gasteiger partial charge in [0.1, 0.15) is 11.5 Å². The Bertz CT molecular complexity index is 1180. The van der Waals surface area contributed by atoms with Crippen LogP contribution in [0.5, 0.6) is 0 Å². The quantitative estimate of drug-likeness (QED) is 0.539. The second-order valence-corrected chi connectivity index (χ2v) is 8.70. The SMILES string of the molecule is Cc1ccc(C(CNC(=O)Cc2c(C)nn(-c3cccc(C(F)(F)F)c3)c2C)N2CCOCC2)o1. The van der Waals surface area contributed by atoms with Crippen LogP contribution in [0.4, 0.5) is 13.2 Å². The predicted molar refractivity (Wildman–Crippen MR) is 123 cm³/mol. The van der Waals surface area contributed by atoms with Gasteiger partial charge in [-0.25, -0.2) is 4.68 Å². The third kappa shape index (κ3) is 5.76. The number of aryl methyl sites for hydroxylation is 2. The van der Waals surface area contributed by atoms with E-state index < -0.39 is 11.7 Å². The molecule has 7 nitrogen and oxygen atoms in total. The van der Waals surface area contributed by atoms with Crippen molar-refractivity contribution in [3.8, 4) is 5.69 Å². The van der Waals surface area contributed by atoms with Gasteiger partial charge in [0.05, 0.1) is 42.6 Å². The average molecular weight is 491 g/mol. The van der Waals surface area contributed by atoms with Crippen molar-refractivity contribution in [1.82, 2.24) is 20.0 Å². The third-order valence-corrected chi connectivity index (χ3v) is 6.27. The average Bonchev–Trinajstić information content (AvgIpc) is 3.37. The van der Waals surface area contributed by atoms with Gasteiger partial charge in [0.15, 0.2) is 0 Å². The van der Waals surface area contributed by atoms with Gasteiger partial charge < -0.3 is 14.5 Å². The number of nitrogens with zero attached hydrogens (tertiary/aromatic N) is 3. The summed E-state index contributed by atoms with van der Waals surface area (Å²) in [6.45, 7) is 8.48. The number of furan rings is 1. The Labute approximate surface area is 201 Å². The Morgan fingerprint density at radius 1 is 1.14 bits per heavy atom. The number of amides is 1. The van der Waals surface area contributed by atoms with Gasteiger partial charge in [-0.15, -0.1) is 0 Å². The van der Waals surface area contributed by atoms with Crippen molar-refractivity contribution in [2.75, 3.05) is 32.8 Å². The minimum Gasteiger partial charge on any atom is -0.465 e. The summed E-state index contributed by atoms with van der Waals surface area (Å²) < 4.78 is 52.2. The van der Waals surface area contributed by atoms with Crippen molar-refractivity contribution in [3.63, 3.8) is 0 Å². The number of nitrogens with one attached hydrogen (secondary N) is 1. The van der Waals surface area contributed by atoms with Gasteiger partial charge in [0.2, 0.25) is 5.91 Å². The van der Waals surface area contributed by atoms with E-state index in [4.69, 9.17) is 9.15 Å². The zero-order valence-corrected chi connectivity index (χ0v) is 20.0. The Balaban J connectivity index is 1.47. The van der Waals surface area contributed by atoms with E-state index in [9.17, 15) is 18.0 Å². The molecule has 1 amide bonds. The highest BCUT2D eigenvalue weighted by molar-refractivity contribution is 5.79. The van der Waals surface area contributed by atoms with Crippen molar-refractivity contribution in [2.45, 2.75) is 39.4 Å². The maximum atomic E-state index is 13.1. The molecule has 4 rings (SSSR count). The lowest BCUT2D eigenvalue weighted by Crippen LogP contribution is -2.44. The van der Waals surface area contributed by atoms with E-state index >= 15 is 0 Å². The fourth-order valence-corrected chi connectivity index (χ4v) is 4.36. The van der Waals surface area contributed by atoms with Crippen LogP contribution < -0.4 is 5.32 Å². The van der Waals surface area contributed by atoms with E-state index in [0.717, 1.165) is 36.7 Å². The Morgan fingerprint density at radius 2 is 1.89 bits per heavy atom. The van der Waals surface area contributed by atoms with Crippen molar-refractivity contribution < 1.29 is 27.1 Å². The molecule has 2 aromatic heterocycles. The Kier molecular flexibility index (Phi) is 7.32. The lowest BCUT2D eigenvalue weighted by molar-refractivity contribution is -0.137.